The summed E-state index contributed by atoms with van der Waals surface area (Å²) in [5.74, 6) is 1.56. The number of ether oxygens (including phenoxy) is 2. The maximum atomic E-state index is 12.8. The average molecular weight is 400 g/mol. The first kappa shape index (κ1) is 19.9. The molecule has 0 saturated carbocycles. The number of nitrogens with zero attached hydrogens (tertiary/aromatic N) is 3. The van der Waals surface area contributed by atoms with E-state index in [-0.39, 0.29) is 5.91 Å². The van der Waals surface area contributed by atoms with Gasteiger partial charge in [0.15, 0.2) is 0 Å². The Morgan fingerprint density at radius 3 is 2.50 bits per heavy atom. The first-order valence-corrected chi connectivity index (χ1v) is 9.85. The molecule has 0 atom stereocenters. The molecular weight excluding hydrogens is 374 g/mol. The van der Waals surface area contributed by atoms with Crippen LogP contribution in [0.4, 0.5) is 0 Å². The fourth-order valence-electron chi connectivity index (χ4n) is 2.95. The van der Waals surface area contributed by atoms with Gasteiger partial charge in [-0.2, -0.15) is 5.10 Å². The highest BCUT2D eigenvalue weighted by Crippen LogP contribution is 2.22. The van der Waals surface area contributed by atoms with E-state index in [4.69, 9.17) is 9.47 Å². The second-order valence-corrected chi connectivity index (χ2v) is 7.63. The topological polar surface area (TPSA) is 56.6 Å². The van der Waals surface area contributed by atoms with Crippen LogP contribution in [0.25, 0.3) is 0 Å². The van der Waals surface area contributed by atoms with E-state index in [9.17, 15) is 4.79 Å². The fraction of sp³-hybridized carbons (Fsp3) is 0.333. The Morgan fingerprint density at radius 1 is 1.21 bits per heavy atom. The molecule has 2 heterocycles. The molecule has 6 nitrogen and oxygen atoms in total. The summed E-state index contributed by atoms with van der Waals surface area (Å²) in [7, 11) is 5.37. The van der Waals surface area contributed by atoms with E-state index in [1.165, 1.54) is 11.3 Å². The molecule has 0 unspecified atom stereocenters. The summed E-state index contributed by atoms with van der Waals surface area (Å²) in [6.45, 7) is 4.95. The molecule has 28 heavy (non-hydrogen) atoms. The van der Waals surface area contributed by atoms with Crippen molar-refractivity contribution >= 4 is 17.2 Å². The summed E-state index contributed by atoms with van der Waals surface area (Å²) >= 11 is 1.44. The fourth-order valence-corrected chi connectivity index (χ4v) is 3.84. The second-order valence-electron chi connectivity index (χ2n) is 6.72. The summed E-state index contributed by atoms with van der Waals surface area (Å²) in [6, 6.07) is 9.34. The van der Waals surface area contributed by atoms with Crippen LogP contribution in [0.2, 0.25) is 0 Å². The molecule has 0 radical (unpaired) electrons. The Bertz CT molecular complexity index is 960. The molecule has 1 amide bonds. The highest BCUT2D eigenvalue weighted by atomic mass is 32.1. The minimum atomic E-state index is 0.00310. The van der Waals surface area contributed by atoms with Crippen LogP contribution >= 0.6 is 11.3 Å². The number of thiophene rings is 1. The Hall–Kier alpha value is -2.80. The van der Waals surface area contributed by atoms with Gasteiger partial charge in [0.05, 0.1) is 17.7 Å². The number of aromatic nitrogens is 2. The van der Waals surface area contributed by atoms with E-state index in [1.54, 1.807) is 12.0 Å². The minimum absolute atomic E-state index is 0.00310. The standard InChI is InChI=1S/C21H25N3O3S/c1-14-19(15(2)24(4)22-14)11-23(3)21(25)20-10-16(13-28-20)12-27-18-8-6-17(26-5)7-9-18/h6-10,13H,11-12H2,1-5H3. The first-order valence-electron chi connectivity index (χ1n) is 8.98. The van der Waals surface area contributed by atoms with Crippen LogP contribution in [0.1, 0.15) is 32.2 Å². The molecular formula is C21H25N3O3S. The van der Waals surface area contributed by atoms with E-state index in [2.05, 4.69) is 5.10 Å². The summed E-state index contributed by atoms with van der Waals surface area (Å²) in [6.07, 6.45) is 0. The van der Waals surface area contributed by atoms with E-state index in [0.717, 1.165) is 34.0 Å². The summed E-state index contributed by atoms with van der Waals surface area (Å²) in [4.78, 5) is 15.2. The SMILES string of the molecule is COc1ccc(OCc2csc(C(=O)N(C)Cc3c(C)nn(C)c3C)c2)cc1. The number of carbonyl (C=O) groups is 1. The summed E-state index contributed by atoms with van der Waals surface area (Å²) in [5, 5.41) is 6.38. The highest BCUT2D eigenvalue weighted by molar-refractivity contribution is 7.12. The van der Waals surface area contributed by atoms with E-state index >= 15 is 0 Å². The quantitative estimate of drug-likeness (QED) is 0.603. The van der Waals surface area contributed by atoms with Crippen LogP contribution in [-0.4, -0.2) is 34.7 Å². The lowest BCUT2D eigenvalue weighted by Gasteiger charge is -2.16. The predicted octanol–water partition coefficient (Wildman–Crippen LogP) is 3.96. The normalized spacial score (nSPS) is 10.8. The summed E-state index contributed by atoms with van der Waals surface area (Å²) < 4.78 is 12.8. The Labute approximate surface area is 169 Å². The van der Waals surface area contributed by atoms with Crippen molar-refractivity contribution in [2.75, 3.05) is 14.2 Å². The second kappa shape index (κ2) is 8.48. The van der Waals surface area contributed by atoms with Crippen LogP contribution in [-0.2, 0) is 20.2 Å². The molecule has 3 rings (SSSR count). The Kier molecular flexibility index (Phi) is 6.04. The van der Waals surface area contributed by atoms with Gasteiger partial charge in [-0.1, -0.05) is 0 Å². The number of rotatable bonds is 7. The van der Waals surface area contributed by atoms with Gasteiger partial charge in [0.25, 0.3) is 5.91 Å². The molecule has 2 aromatic heterocycles. The monoisotopic (exact) mass is 399 g/mol. The molecule has 0 fully saturated rings. The lowest BCUT2D eigenvalue weighted by Crippen LogP contribution is -2.26. The zero-order chi connectivity index (χ0) is 20.3. The number of hydrogen-bond donors (Lipinski definition) is 0. The minimum Gasteiger partial charge on any atom is -0.497 e. The van der Waals surface area contributed by atoms with E-state index in [0.29, 0.717) is 18.0 Å². The highest BCUT2D eigenvalue weighted by Gasteiger charge is 2.18. The number of carbonyl (C=O) groups excluding carboxylic acids is 1. The third kappa shape index (κ3) is 4.36. The predicted molar refractivity (Wildman–Crippen MR) is 110 cm³/mol. The lowest BCUT2D eigenvalue weighted by molar-refractivity contribution is 0.0789. The smallest absolute Gasteiger partial charge is 0.263 e. The Morgan fingerprint density at radius 2 is 1.89 bits per heavy atom. The molecule has 1 aromatic carbocycles. The number of amides is 1. The van der Waals surface area contributed by atoms with E-state index < -0.39 is 0 Å². The van der Waals surface area contributed by atoms with Gasteiger partial charge in [0.2, 0.25) is 0 Å². The van der Waals surface area contributed by atoms with Gasteiger partial charge in [-0.05, 0) is 49.6 Å². The molecule has 7 heteroatoms. The van der Waals surface area contributed by atoms with Crippen molar-refractivity contribution in [2.24, 2.45) is 7.05 Å². The number of benzene rings is 1. The van der Waals surface area contributed by atoms with Crippen molar-refractivity contribution in [2.45, 2.75) is 27.0 Å². The maximum Gasteiger partial charge on any atom is 0.263 e. The van der Waals surface area contributed by atoms with Crippen LogP contribution in [0.5, 0.6) is 11.5 Å². The summed E-state index contributed by atoms with van der Waals surface area (Å²) in [5.41, 5.74) is 4.11. The van der Waals surface area contributed by atoms with Crippen molar-refractivity contribution in [1.82, 2.24) is 14.7 Å². The van der Waals surface area contributed by atoms with Gasteiger partial charge < -0.3 is 14.4 Å². The van der Waals surface area contributed by atoms with Crippen LogP contribution < -0.4 is 9.47 Å². The number of hydrogen-bond acceptors (Lipinski definition) is 5. The third-order valence-corrected chi connectivity index (χ3v) is 5.70. The van der Waals surface area contributed by atoms with Crippen LogP contribution in [0, 0.1) is 13.8 Å². The van der Waals surface area contributed by atoms with Crippen molar-refractivity contribution in [3.8, 4) is 11.5 Å². The van der Waals surface area contributed by atoms with Gasteiger partial charge >= 0.3 is 0 Å². The van der Waals surface area contributed by atoms with Gasteiger partial charge in [0.1, 0.15) is 18.1 Å². The molecule has 0 saturated heterocycles. The molecule has 0 bridgehead atoms. The van der Waals surface area contributed by atoms with Gasteiger partial charge in [-0.25, -0.2) is 0 Å². The van der Waals surface area contributed by atoms with E-state index in [1.807, 2.05) is 68.3 Å². The molecule has 3 aromatic rings. The molecule has 0 aliphatic rings. The first-order chi connectivity index (χ1) is 13.4. The molecule has 0 spiro atoms. The average Bonchev–Trinajstić information content (AvgIpc) is 3.26. The molecule has 0 N–H and O–H groups in total. The Balaban J connectivity index is 1.61. The maximum absolute atomic E-state index is 12.8. The lowest BCUT2D eigenvalue weighted by atomic mass is 10.2. The zero-order valence-electron chi connectivity index (χ0n) is 16.9. The van der Waals surface area contributed by atoms with Crippen LogP contribution in [0.3, 0.4) is 0 Å². The molecule has 148 valence electrons. The van der Waals surface area contributed by atoms with Crippen LogP contribution in [0.15, 0.2) is 35.7 Å². The van der Waals surface area contributed by atoms with Crippen molar-refractivity contribution in [3.63, 3.8) is 0 Å². The van der Waals surface area contributed by atoms with Crippen molar-refractivity contribution in [3.05, 3.63) is 63.1 Å². The number of aryl methyl sites for hydroxylation is 2. The third-order valence-electron chi connectivity index (χ3n) is 4.73. The van der Waals surface area contributed by atoms with Gasteiger partial charge in [0, 0.05) is 37.5 Å². The van der Waals surface area contributed by atoms with Gasteiger partial charge in [-0.3, -0.25) is 9.48 Å². The van der Waals surface area contributed by atoms with Crippen molar-refractivity contribution < 1.29 is 14.3 Å². The molecule has 0 aliphatic carbocycles. The molecule has 0 aliphatic heterocycles. The number of methoxy groups -OCH3 is 1. The van der Waals surface area contributed by atoms with Crippen molar-refractivity contribution in [1.29, 1.82) is 0 Å². The zero-order valence-corrected chi connectivity index (χ0v) is 17.7. The van der Waals surface area contributed by atoms with Gasteiger partial charge in [-0.15, -0.1) is 11.3 Å². The largest absolute Gasteiger partial charge is 0.497 e.